The highest BCUT2D eigenvalue weighted by atomic mass is 79.9. The average Bonchev–Trinajstić information content (AvgIpc) is 2.31. The van der Waals surface area contributed by atoms with Crippen LogP contribution in [-0.4, -0.2) is 44.6 Å². The second-order valence-corrected chi connectivity index (χ2v) is 4.68. The summed E-state index contributed by atoms with van der Waals surface area (Å²) in [6.07, 6.45) is -0.649. The van der Waals surface area contributed by atoms with Crippen molar-refractivity contribution < 1.29 is 19.0 Å². The number of aliphatic hydroxyl groups excluding tert-OH is 1. The fourth-order valence-electron chi connectivity index (χ4n) is 1.31. The van der Waals surface area contributed by atoms with Crippen molar-refractivity contribution in [2.75, 3.05) is 33.4 Å². The van der Waals surface area contributed by atoms with Crippen LogP contribution >= 0.6 is 15.9 Å². The Morgan fingerprint density at radius 3 is 2.89 bits per heavy atom. The zero-order chi connectivity index (χ0) is 13.4. The van der Waals surface area contributed by atoms with Gasteiger partial charge in [0.15, 0.2) is 0 Å². The van der Waals surface area contributed by atoms with Crippen LogP contribution in [0.3, 0.4) is 0 Å². The molecule has 4 nitrogen and oxygen atoms in total. The molecule has 1 unspecified atom stereocenters. The molecule has 0 aromatic heterocycles. The molecule has 0 radical (unpaired) electrons. The van der Waals surface area contributed by atoms with E-state index in [1.54, 1.807) is 13.2 Å². The smallest absolute Gasteiger partial charge is 0.128 e. The van der Waals surface area contributed by atoms with E-state index in [4.69, 9.17) is 9.47 Å². The molecular formula is C12H17BrFNO3. The Hall–Kier alpha value is -0.690. The Bertz CT molecular complexity index is 345. The molecule has 0 fully saturated rings. The van der Waals surface area contributed by atoms with Crippen LogP contribution < -0.4 is 10.1 Å². The molecule has 0 bridgehead atoms. The fourth-order valence-corrected chi connectivity index (χ4v) is 1.75. The Kier molecular flexibility index (Phi) is 7.19. The van der Waals surface area contributed by atoms with Gasteiger partial charge < -0.3 is 19.9 Å². The van der Waals surface area contributed by atoms with E-state index in [0.29, 0.717) is 29.9 Å². The molecule has 1 aromatic carbocycles. The molecule has 0 aliphatic rings. The van der Waals surface area contributed by atoms with Gasteiger partial charge in [0, 0.05) is 30.7 Å². The third-order valence-corrected chi connectivity index (χ3v) is 2.60. The average molecular weight is 322 g/mol. The Balaban J connectivity index is 2.26. The minimum Gasteiger partial charge on any atom is -0.491 e. The first-order chi connectivity index (χ1) is 8.61. The van der Waals surface area contributed by atoms with Crippen LogP contribution in [0, 0.1) is 5.82 Å². The number of nitrogens with one attached hydrogen (secondary N) is 1. The number of hydrogen-bond donors (Lipinski definition) is 2. The number of benzene rings is 1. The molecule has 1 aromatic rings. The minimum absolute atomic E-state index is 0.107. The largest absolute Gasteiger partial charge is 0.491 e. The third kappa shape index (κ3) is 6.30. The molecule has 18 heavy (non-hydrogen) atoms. The first kappa shape index (κ1) is 15.4. The lowest BCUT2D eigenvalue weighted by Crippen LogP contribution is -2.33. The van der Waals surface area contributed by atoms with E-state index in [1.807, 2.05) is 0 Å². The first-order valence-electron chi connectivity index (χ1n) is 5.58. The molecular weight excluding hydrogens is 305 g/mol. The second kappa shape index (κ2) is 8.42. The van der Waals surface area contributed by atoms with Crippen LogP contribution in [0.2, 0.25) is 0 Å². The Labute approximate surface area is 114 Å². The van der Waals surface area contributed by atoms with E-state index < -0.39 is 6.10 Å². The Morgan fingerprint density at radius 2 is 2.22 bits per heavy atom. The number of methoxy groups -OCH3 is 1. The number of aliphatic hydroxyl groups is 1. The number of rotatable bonds is 8. The van der Waals surface area contributed by atoms with E-state index in [-0.39, 0.29) is 12.4 Å². The molecule has 6 heteroatoms. The van der Waals surface area contributed by atoms with Crippen molar-refractivity contribution >= 4 is 15.9 Å². The quantitative estimate of drug-likeness (QED) is 0.714. The number of hydrogen-bond acceptors (Lipinski definition) is 4. The van der Waals surface area contributed by atoms with Crippen molar-refractivity contribution in [3.05, 3.63) is 28.5 Å². The van der Waals surface area contributed by atoms with Crippen molar-refractivity contribution in [1.82, 2.24) is 5.32 Å². The summed E-state index contributed by atoms with van der Waals surface area (Å²) < 4.78 is 23.8. The lowest BCUT2D eigenvalue weighted by atomic mass is 10.3. The first-order valence-corrected chi connectivity index (χ1v) is 6.37. The van der Waals surface area contributed by atoms with Crippen LogP contribution in [-0.2, 0) is 4.74 Å². The van der Waals surface area contributed by atoms with Gasteiger partial charge in [-0.3, -0.25) is 0 Å². The van der Waals surface area contributed by atoms with Crippen LogP contribution in [0.4, 0.5) is 4.39 Å². The normalized spacial score (nSPS) is 12.4. The van der Waals surface area contributed by atoms with Gasteiger partial charge in [-0.15, -0.1) is 0 Å². The van der Waals surface area contributed by atoms with E-state index in [9.17, 15) is 9.50 Å². The van der Waals surface area contributed by atoms with Crippen molar-refractivity contribution in [2.45, 2.75) is 6.10 Å². The van der Waals surface area contributed by atoms with Gasteiger partial charge in [0.1, 0.15) is 24.3 Å². The standard InChI is InChI=1S/C12H17BrFNO3/c1-17-3-2-15-7-11(16)8-18-12-5-9(13)4-10(14)6-12/h4-6,11,15-16H,2-3,7-8H2,1H3. The molecule has 0 aliphatic heterocycles. The summed E-state index contributed by atoms with van der Waals surface area (Å²) in [5.74, 6) is 0.00454. The van der Waals surface area contributed by atoms with E-state index in [2.05, 4.69) is 21.2 Å². The number of ether oxygens (including phenoxy) is 2. The maximum atomic E-state index is 13.0. The summed E-state index contributed by atoms with van der Waals surface area (Å²) in [7, 11) is 1.61. The van der Waals surface area contributed by atoms with Crippen molar-refractivity contribution in [3.8, 4) is 5.75 Å². The molecule has 0 aliphatic carbocycles. The van der Waals surface area contributed by atoms with Gasteiger partial charge in [0.05, 0.1) is 6.61 Å². The van der Waals surface area contributed by atoms with E-state index in [1.165, 1.54) is 12.1 Å². The van der Waals surface area contributed by atoms with Gasteiger partial charge in [-0.05, 0) is 12.1 Å². The highest BCUT2D eigenvalue weighted by Crippen LogP contribution is 2.20. The number of halogens is 2. The van der Waals surface area contributed by atoms with E-state index in [0.717, 1.165) is 0 Å². The van der Waals surface area contributed by atoms with Crippen LogP contribution in [0.25, 0.3) is 0 Å². The summed E-state index contributed by atoms with van der Waals surface area (Å²) in [5.41, 5.74) is 0. The van der Waals surface area contributed by atoms with Crippen molar-refractivity contribution in [2.24, 2.45) is 0 Å². The molecule has 0 amide bonds. The van der Waals surface area contributed by atoms with Crippen molar-refractivity contribution in [3.63, 3.8) is 0 Å². The lowest BCUT2D eigenvalue weighted by molar-refractivity contribution is 0.103. The summed E-state index contributed by atoms with van der Waals surface area (Å²) in [6.45, 7) is 1.76. The zero-order valence-corrected chi connectivity index (χ0v) is 11.7. The Morgan fingerprint density at radius 1 is 1.44 bits per heavy atom. The fraction of sp³-hybridized carbons (Fsp3) is 0.500. The topological polar surface area (TPSA) is 50.7 Å². The third-order valence-electron chi connectivity index (χ3n) is 2.14. The van der Waals surface area contributed by atoms with Crippen LogP contribution in [0.1, 0.15) is 0 Å². The maximum absolute atomic E-state index is 13.0. The zero-order valence-electron chi connectivity index (χ0n) is 10.2. The molecule has 2 N–H and O–H groups in total. The molecule has 0 heterocycles. The van der Waals surface area contributed by atoms with E-state index >= 15 is 0 Å². The van der Waals surface area contributed by atoms with Gasteiger partial charge in [-0.1, -0.05) is 15.9 Å². The summed E-state index contributed by atoms with van der Waals surface area (Å²) in [6, 6.07) is 4.26. The highest BCUT2D eigenvalue weighted by Gasteiger charge is 2.06. The van der Waals surface area contributed by atoms with Crippen LogP contribution in [0.5, 0.6) is 5.75 Å². The lowest BCUT2D eigenvalue weighted by Gasteiger charge is -2.13. The molecule has 0 saturated carbocycles. The highest BCUT2D eigenvalue weighted by molar-refractivity contribution is 9.10. The SMILES string of the molecule is COCCNCC(O)COc1cc(F)cc(Br)c1. The van der Waals surface area contributed by atoms with Crippen molar-refractivity contribution in [1.29, 1.82) is 0 Å². The summed E-state index contributed by atoms with van der Waals surface area (Å²) >= 11 is 3.17. The predicted octanol–water partition coefficient (Wildman–Crippen LogP) is 1.56. The molecule has 1 atom stereocenters. The summed E-state index contributed by atoms with van der Waals surface area (Å²) in [5, 5.41) is 12.6. The van der Waals surface area contributed by atoms with Crippen LogP contribution in [0.15, 0.2) is 22.7 Å². The van der Waals surface area contributed by atoms with Gasteiger partial charge in [-0.25, -0.2) is 4.39 Å². The van der Waals surface area contributed by atoms with Gasteiger partial charge in [-0.2, -0.15) is 0 Å². The predicted molar refractivity (Wildman–Crippen MR) is 70.3 cm³/mol. The van der Waals surface area contributed by atoms with Gasteiger partial charge in [0.2, 0.25) is 0 Å². The second-order valence-electron chi connectivity index (χ2n) is 3.77. The monoisotopic (exact) mass is 321 g/mol. The molecule has 102 valence electrons. The maximum Gasteiger partial charge on any atom is 0.128 e. The van der Waals surface area contributed by atoms with Gasteiger partial charge >= 0.3 is 0 Å². The molecule has 1 rings (SSSR count). The summed E-state index contributed by atoms with van der Waals surface area (Å²) in [4.78, 5) is 0. The van der Waals surface area contributed by atoms with Gasteiger partial charge in [0.25, 0.3) is 0 Å². The molecule has 0 saturated heterocycles. The minimum atomic E-state index is -0.649. The molecule has 0 spiro atoms.